The molecule has 1 aliphatic rings. The quantitative estimate of drug-likeness (QED) is 0.753. The van der Waals surface area contributed by atoms with E-state index >= 15 is 0 Å². The van der Waals surface area contributed by atoms with E-state index < -0.39 is 0 Å². The third kappa shape index (κ3) is 3.97. The number of amides is 1. The predicted octanol–water partition coefficient (Wildman–Crippen LogP) is 3.15. The lowest BCUT2D eigenvalue weighted by Gasteiger charge is -2.15. The average molecular weight is 366 g/mol. The number of carbonyl (C=O) groups excluding carboxylic acids is 1. The number of hydrogen-bond acceptors (Lipinski definition) is 4. The number of nitrogens with one attached hydrogen (secondary N) is 1. The fourth-order valence-electron chi connectivity index (χ4n) is 3.24. The molecule has 1 aromatic carbocycles. The first-order valence-electron chi connectivity index (χ1n) is 8.81. The highest BCUT2D eigenvalue weighted by molar-refractivity contribution is 5.94. The maximum atomic E-state index is 13.2. The zero-order chi connectivity index (χ0) is 18.6. The van der Waals surface area contributed by atoms with Crippen molar-refractivity contribution >= 4 is 5.91 Å². The van der Waals surface area contributed by atoms with Gasteiger partial charge in [0.15, 0.2) is 0 Å². The van der Waals surface area contributed by atoms with Crippen molar-refractivity contribution in [2.75, 3.05) is 13.1 Å². The van der Waals surface area contributed by atoms with Crippen LogP contribution in [-0.2, 0) is 6.61 Å². The van der Waals surface area contributed by atoms with Crippen LogP contribution in [-0.4, -0.2) is 39.1 Å². The van der Waals surface area contributed by atoms with E-state index in [4.69, 9.17) is 4.74 Å². The van der Waals surface area contributed by atoms with Gasteiger partial charge in [-0.3, -0.25) is 14.9 Å². The molecular weight excluding hydrogens is 347 g/mol. The molecule has 2 aromatic heterocycles. The van der Waals surface area contributed by atoms with Gasteiger partial charge >= 0.3 is 0 Å². The molecule has 0 bridgehead atoms. The van der Waals surface area contributed by atoms with Crippen molar-refractivity contribution in [2.24, 2.45) is 0 Å². The largest absolute Gasteiger partial charge is 0.487 e. The summed E-state index contributed by atoms with van der Waals surface area (Å²) in [4.78, 5) is 18.4. The maximum Gasteiger partial charge on any atom is 0.255 e. The van der Waals surface area contributed by atoms with Crippen LogP contribution in [0.1, 0.15) is 34.1 Å². The SMILES string of the molecule is O=C(c1cccnc1)N1CC[C@H](c2cc(COc3cccc(F)c3)[nH]n2)C1. The van der Waals surface area contributed by atoms with Crippen molar-refractivity contribution in [1.82, 2.24) is 20.1 Å². The summed E-state index contributed by atoms with van der Waals surface area (Å²) in [7, 11) is 0. The molecule has 138 valence electrons. The van der Waals surface area contributed by atoms with Crippen LogP contribution in [0.25, 0.3) is 0 Å². The zero-order valence-corrected chi connectivity index (χ0v) is 14.6. The third-order valence-corrected chi connectivity index (χ3v) is 4.64. The molecule has 1 aliphatic heterocycles. The van der Waals surface area contributed by atoms with E-state index in [1.165, 1.54) is 12.1 Å². The molecule has 0 saturated carbocycles. The Hall–Kier alpha value is -3.22. The summed E-state index contributed by atoms with van der Waals surface area (Å²) >= 11 is 0. The van der Waals surface area contributed by atoms with Crippen molar-refractivity contribution in [3.8, 4) is 5.75 Å². The van der Waals surface area contributed by atoms with Crippen molar-refractivity contribution in [1.29, 1.82) is 0 Å². The Morgan fingerprint density at radius 1 is 1.30 bits per heavy atom. The van der Waals surface area contributed by atoms with Gasteiger partial charge in [-0.25, -0.2) is 4.39 Å². The van der Waals surface area contributed by atoms with Gasteiger partial charge in [0.2, 0.25) is 0 Å². The molecule has 27 heavy (non-hydrogen) atoms. The number of halogens is 1. The van der Waals surface area contributed by atoms with E-state index in [1.54, 1.807) is 36.7 Å². The molecule has 0 aliphatic carbocycles. The van der Waals surface area contributed by atoms with Gasteiger partial charge in [-0.1, -0.05) is 6.07 Å². The first kappa shape index (κ1) is 17.2. The Balaban J connectivity index is 1.36. The monoisotopic (exact) mass is 366 g/mol. The van der Waals surface area contributed by atoms with Gasteiger partial charge in [-0.15, -0.1) is 0 Å². The summed E-state index contributed by atoms with van der Waals surface area (Å²) in [5, 5.41) is 7.33. The van der Waals surface area contributed by atoms with Crippen LogP contribution in [0.5, 0.6) is 5.75 Å². The van der Waals surface area contributed by atoms with Crippen LogP contribution in [0.15, 0.2) is 54.9 Å². The van der Waals surface area contributed by atoms with Gasteiger partial charge < -0.3 is 9.64 Å². The van der Waals surface area contributed by atoms with E-state index in [-0.39, 0.29) is 24.2 Å². The molecule has 3 aromatic rings. The first-order chi connectivity index (χ1) is 13.2. The van der Waals surface area contributed by atoms with Crippen LogP contribution in [0, 0.1) is 5.82 Å². The van der Waals surface area contributed by atoms with Crippen LogP contribution in [0.3, 0.4) is 0 Å². The molecule has 1 atom stereocenters. The van der Waals surface area contributed by atoms with Crippen LogP contribution < -0.4 is 4.74 Å². The Bertz CT molecular complexity index is 928. The van der Waals surface area contributed by atoms with Gasteiger partial charge in [0.25, 0.3) is 5.91 Å². The fraction of sp³-hybridized carbons (Fsp3) is 0.250. The van der Waals surface area contributed by atoms with Crippen LogP contribution in [0.4, 0.5) is 4.39 Å². The lowest BCUT2D eigenvalue weighted by molar-refractivity contribution is 0.0790. The van der Waals surface area contributed by atoms with Crippen molar-refractivity contribution in [2.45, 2.75) is 18.9 Å². The van der Waals surface area contributed by atoms with Crippen molar-refractivity contribution in [3.05, 3.63) is 77.6 Å². The molecule has 1 amide bonds. The van der Waals surface area contributed by atoms with Crippen LogP contribution in [0.2, 0.25) is 0 Å². The van der Waals surface area contributed by atoms with Gasteiger partial charge in [0, 0.05) is 37.5 Å². The highest BCUT2D eigenvalue weighted by Crippen LogP contribution is 2.27. The summed E-state index contributed by atoms with van der Waals surface area (Å²) in [5.74, 6) is 0.322. The minimum absolute atomic E-state index is 0.00389. The summed E-state index contributed by atoms with van der Waals surface area (Å²) < 4.78 is 18.8. The lowest BCUT2D eigenvalue weighted by atomic mass is 10.1. The predicted molar refractivity (Wildman–Crippen MR) is 96.8 cm³/mol. The number of pyridine rings is 1. The molecule has 7 heteroatoms. The van der Waals surface area contributed by atoms with E-state index in [1.807, 2.05) is 11.0 Å². The second-order valence-corrected chi connectivity index (χ2v) is 6.54. The molecule has 1 saturated heterocycles. The number of ether oxygens (including phenoxy) is 1. The molecule has 4 rings (SSSR count). The highest BCUT2D eigenvalue weighted by atomic mass is 19.1. The average Bonchev–Trinajstić information content (AvgIpc) is 3.36. The number of nitrogens with zero attached hydrogens (tertiary/aromatic N) is 3. The van der Waals surface area contributed by atoms with E-state index in [9.17, 15) is 9.18 Å². The second-order valence-electron chi connectivity index (χ2n) is 6.54. The number of carbonyl (C=O) groups is 1. The number of aromatic nitrogens is 3. The molecule has 1 N–H and O–H groups in total. The molecule has 1 fully saturated rings. The van der Waals surface area contributed by atoms with Gasteiger partial charge in [0.05, 0.1) is 17.0 Å². The molecular formula is C20H19FN4O2. The van der Waals surface area contributed by atoms with E-state index in [2.05, 4.69) is 15.2 Å². The third-order valence-electron chi connectivity index (χ3n) is 4.64. The summed E-state index contributed by atoms with van der Waals surface area (Å²) in [6.07, 6.45) is 4.10. The Kier molecular flexibility index (Phi) is 4.82. The van der Waals surface area contributed by atoms with Crippen molar-refractivity contribution in [3.63, 3.8) is 0 Å². The Morgan fingerprint density at radius 3 is 3.04 bits per heavy atom. The van der Waals surface area contributed by atoms with Gasteiger partial charge in [0.1, 0.15) is 18.2 Å². The standard InChI is InChI=1S/C20H19FN4O2/c21-16-4-1-5-18(9-16)27-13-17-10-19(24-23-17)15-6-8-25(12-15)20(26)14-3-2-7-22-11-14/h1-5,7,9-11,15H,6,8,12-13H2,(H,23,24)/t15-/m0/s1. The minimum Gasteiger partial charge on any atom is -0.487 e. The van der Waals surface area contributed by atoms with E-state index in [0.29, 0.717) is 24.4 Å². The van der Waals surface area contributed by atoms with Gasteiger partial charge in [-0.05, 0) is 36.8 Å². The second kappa shape index (κ2) is 7.57. The fourth-order valence-corrected chi connectivity index (χ4v) is 3.24. The highest BCUT2D eigenvalue weighted by Gasteiger charge is 2.29. The number of hydrogen-bond donors (Lipinski definition) is 1. The Morgan fingerprint density at radius 2 is 2.22 bits per heavy atom. The summed E-state index contributed by atoms with van der Waals surface area (Å²) in [5.41, 5.74) is 2.32. The lowest BCUT2D eigenvalue weighted by Crippen LogP contribution is -2.28. The topological polar surface area (TPSA) is 71.1 Å². The summed E-state index contributed by atoms with van der Waals surface area (Å²) in [6, 6.07) is 11.5. The number of benzene rings is 1. The smallest absolute Gasteiger partial charge is 0.255 e. The minimum atomic E-state index is -0.331. The van der Waals surface area contributed by atoms with E-state index in [0.717, 1.165) is 17.8 Å². The van der Waals surface area contributed by atoms with Gasteiger partial charge in [-0.2, -0.15) is 5.10 Å². The molecule has 0 radical (unpaired) electrons. The molecule has 3 heterocycles. The molecule has 0 spiro atoms. The first-order valence-corrected chi connectivity index (χ1v) is 8.81. The number of rotatable bonds is 5. The molecule has 0 unspecified atom stereocenters. The summed E-state index contributed by atoms with van der Waals surface area (Å²) in [6.45, 7) is 1.60. The number of H-pyrrole nitrogens is 1. The molecule has 6 nitrogen and oxygen atoms in total. The van der Waals surface area contributed by atoms with Crippen LogP contribution >= 0.6 is 0 Å². The maximum absolute atomic E-state index is 13.2. The Labute approximate surface area is 156 Å². The van der Waals surface area contributed by atoms with Crippen molar-refractivity contribution < 1.29 is 13.9 Å². The normalized spacial score (nSPS) is 16.5. The number of aromatic amines is 1. The zero-order valence-electron chi connectivity index (χ0n) is 14.6. The number of likely N-dealkylation sites (tertiary alicyclic amines) is 1.